The van der Waals surface area contributed by atoms with Crippen molar-refractivity contribution in [1.82, 2.24) is 25.3 Å². The number of piperazine rings is 1. The van der Waals surface area contributed by atoms with Crippen molar-refractivity contribution in [3.63, 3.8) is 0 Å². The summed E-state index contributed by atoms with van der Waals surface area (Å²) in [5.74, 6) is -0.109. The number of rotatable bonds is 5. The monoisotopic (exact) mass is 331 g/mol. The summed E-state index contributed by atoms with van der Waals surface area (Å²) in [4.78, 5) is 27.6. The summed E-state index contributed by atoms with van der Waals surface area (Å²) >= 11 is 6.77. The van der Waals surface area contributed by atoms with Crippen LogP contribution in [0.3, 0.4) is 0 Å². The van der Waals surface area contributed by atoms with Crippen molar-refractivity contribution in [1.29, 1.82) is 0 Å². The Bertz CT molecular complexity index is 502. The minimum atomic E-state index is -0.144. The predicted molar refractivity (Wildman–Crippen MR) is 80.6 cm³/mol. The van der Waals surface area contributed by atoms with Gasteiger partial charge in [-0.2, -0.15) is 0 Å². The minimum absolute atomic E-state index is 0.0348. The van der Waals surface area contributed by atoms with Gasteiger partial charge in [0.25, 0.3) is 5.91 Å². The number of aromatic nitrogens is 2. The molecule has 1 aliphatic rings. The predicted octanol–water partition coefficient (Wildman–Crippen LogP) is 0.475. The van der Waals surface area contributed by atoms with Crippen molar-refractivity contribution >= 4 is 34.8 Å². The molecule has 1 saturated heterocycles. The zero-order valence-electron chi connectivity index (χ0n) is 11.8. The van der Waals surface area contributed by atoms with Crippen LogP contribution in [0, 0.1) is 0 Å². The van der Waals surface area contributed by atoms with E-state index < -0.39 is 0 Å². The molecule has 1 fully saturated rings. The summed E-state index contributed by atoms with van der Waals surface area (Å²) in [6.45, 7) is 5.62. The van der Waals surface area contributed by atoms with Crippen molar-refractivity contribution in [3.05, 3.63) is 9.47 Å². The third-order valence-electron chi connectivity index (χ3n) is 3.18. The van der Waals surface area contributed by atoms with Crippen molar-refractivity contribution < 1.29 is 9.59 Å². The fourth-order valence-electron chi connectivity index (χ4n) is 2.06. The van der Waals surface area contributed by atoms with E-state index in [2.05, 4.69) is 15.5 Å². The van der Waals surface area contributed by atoms with Crippen LogP contribution in [0.4, 0.5) is 0 Å². The largest absolute Gasteiger partial charge is 0.355 e. The van der Waals surface area contributed by atoms with Gasteiger partial charge in [-0.15, -0.1) is 10.2 Å². The second kappa shape index (κ2) is 7.67. The second-order valence-corrected chi connectivity index (χ2v) is 6.34. The maximum absolute atomic E-state index is 12.2. The average molecular weight is 332 g/mol. The molecule has 116 valence electrons. The first-order valence-electron chi connectivity index (χ1n) is 6.87. The molecule has 1 aliphatic heterocycles. The molecule has 7 nitrogen and oxygen atoms in total. The van der Waals surface area contributed by atoms with E-state index in [9.17, 15) is 9.59 Å². The van der Waals surface area contributed by atoms with Crippen LogP contribution in [-0.2, 0) is 4.79 Å². The molecule has 1 aromatic rings. The Morgan fingerprint density at radius 1 is 1.29 bits per heavy atom. The van der Waals surface area contributed by atoms with Gasteiger partial charge in [0, 0.05) is 32.7 Å². The molecular weight excluding hydrogens is 314 g/mol. The lowest BCUT2D eigenvalue weighted by Crippen LogP contribution is -2.51. The number of hydrogen-bond acceptors (Lipinski definition) is 6. The van der Waals surface area contributed by atoms with Crippen LogP contribution in [0.2, 0.25) is 4.47 Å². The Hall–Kier alpha value is -1.25. The summed E-state index contributed by atoms with van der Waals surface area (Å²) in [5.41, 5.74) is 0. The quantitative estimate of drug-likeness (QED) is 0.849. The smallest absolute Gasteiger partial charge is 0.284 e. The second-order valence-electron chi connectivity index (χ2n) is 4.78. The van der Waals surface area contributed by atoms with Gasteiger partial charge in [0.05, 0.1) is 6.54 Å². The molecular formula is C12H18ClN5O2S. The van der Waals surface area contributed by atoms with Crippen LogP contribution in [0.1, 0.15) is 23.1 Å². The number of nitrogens with zero attached hydrogens (tertiary/aromatic N) is 4. The molecule has 0 unspecified atom stereocenters. The van der Waals surface area contributed by atoms with Crippen LogP contribution in [0.25, 0.3) is 0 Å². The third-order valence-corrected chi connectivity index (χ3v) is 4.19. The van der Waals surface area contributed by atoms with Crippen molar-refractivity contribution in [2.45, 2.75) is 13.3 Å². The Balaban J connectivity index is 1.78. The van der Waals surface area contributed by atoms with Crippen molar-refractivity contribution in [2.24, 2.45) is 0 Å². The first-order chi connectivity index (χ1) is 10.1. The lowest BCUT2D eigenvalue weighted by Gasteiger charge is -2.33. The number of amides is 2. The highest BCUT2D eigenvalue weighted by atomic mass is 35.5. The van der Waals surface area contributed by atoms with E-state index in [-0.39, 0.29) is 16.3 Å². The normalized spacial score (nSPS) is 16.0. The zero-order chi connectivity index (χ0) is 15.2. The van der Waals surface area contributed by atoms with Crippen LogP contribution in [0.5, 0.6) is 0 Å². The van der Waals surface area contributed by atoms with E-state index in [4.69, 9.17) is 11.6 Å². The Morgan fingerprint density at radius 2 is 2.00 bits per heavy atom. The Kier molecular flexibility index (Phi) is 5.89. The minimum Gasteiger partial charge on any atom is -0.355 e. The van der Waals surface area contributed by atoms with Crippen molar-refractivity contribution in [3.8, 4) is 0 Å². The van der Waals surface area contributed by atoms with Gasteiger partial charge in [-0.25, -0.2) is 0 Å². The topological polar surface area (TPSA) is 78.4 Å². The van der Waals surface area contributed by atoms with E-state index in [1.165, 1.54) is 0 Å². The lowest BCUT2D eigenvalue weighted by atomic mass is 10.3. The van der Waals surface area contributed by atoms with Gasteiger partial charge in [0.1, 0.15) is 0 Å². The van der Waals surface area contributed by atoms with Gasteiger partial charge < -0.3 is 10.2 Å². The Labute approximate surface area is 132 Å². The maximum Gasteiger partial charge on any atom is 0.284 e. The summed E-state index contributed by atoms with van der Waals surface area (Å²) in [7, 11) is 0. The van der Waals surface area contributed by atoms with Gasteiger partial charge in [0.2, 0.25) is 15.4 Å². The number of nitrogens with one attached hydrogen (secondary N) is 1. The van der Waals surface area contributed by atoms with Gasteiger partial charge in [-0.1, -0.05) is 18.3 Å². The molecule has 0 aliphatic carbocycles. The summed E-state index contributed by atoms with van der Waals surface area (Å²) in [5, 5.41) is 10.6. The summed E-state index contributed by atoms with van der Waals surface area (Å²) in [6.07, 6.45) is 0.929. The van der Waals surface area contributed by atoms with Gasteiger partial charge >= 0.3 is 0 Å². The van der Waals surface area contributed by atoms with Crippen LogP contribution >= 0.6 is 22.9 Å². The van der Waals surface area contributed by atoms with Crippen molar-refractivity contribution in [2.75, 3.05) is 39.3 Å². The zero-order valence-corrected chi connectivity index (χ0v) is 13.4. The van der Waals surface area contributed by atoms with E-state index >= 15 is 0 Å². The third kappa shape index (κ3) is 4.62. The van der Waals surface area contributed by atoms with E-state index in [0.717, 1.165) is 17.8 Å². The Morgan fingerprint density at radius 3 is 2.57 bits per heavy atom. The molecule has 0 radical (unpaired) electrons. The first kappa shape index (κ1) is 16.1. The lowest BCUT2D eigenvalue weighted by molar-refractivity contribution is -0.122. The average Bonchev–Trinajstić information content (AvgIpc) is 2.92. The molecule has 0 spiro atoms. The SMILES string of the molecule is CCCNC(=O)CN1CCN(C(=O)c2nnc(Cl)s2)CC1. The molecule has 0 bridgehead atoms. The number of halogens is 1. The molecule has 0 aromatic carbocycles. The van der Waals surface area contributed by atoms with Crippen LogP contribution in [0.15, 0.2) is 0 Å². The summed E-state index contributed by atoms with van der Waals surface area (Å²) in [6, 6.07) is 0. The highest BCUT2D eigenvalue weighted by Crippen LogP contribution is 2.17. The number of hydrogen-bond donors (Lipinski definition) is 1. The first-order valence-corrected chi connectivity index (χ1v) is 8.07. The fraction of sp³-hybridized carbons (Fsp3) is 0.667. The molecule has 21 heavy (non-hydrogen) atoms. The van der Waals surface area contributed by atoms with Gasteiger partial charge in [-0.3, -0.25) is 14.5 Å². The van der Waals surface area contributed by atoms with Gasteiger partial charge in [0.15, 0.2) is 0 Å². The van der Waals surface area contributed by atoms with E-state index in [0.29, 0.717) is 44.3 Å². The van der Waals surface area contributed by atoms with E-state index in [1.807, 2.05) is 11.8 Å². The highest BCUT2D eigenvalue weighted by Gasteiger charge is 2.25. The molecule has 9 heteroatoms. The molecule has 0 saturated carbocycles. The molecule has 2 heterocycles. The molecule has 2 amide bonds. The van der Waals surface area contributed by atoms with Crippen LogP contribution in [-0.4, -0.2) is 71.1 Å². The standard InChI is InChI=1S/C12H18ClN5O2S/c1-2-3-14-9(19)8-17-4-6-18(7-5-17)11(20)10-15-16-12(13)21-10/h2-8H2,1H3,(H,14,19). The fourth-order valence-corrected chi connectivity index (χ4v) is 2.86. The molecule has 0 atom stereocenters. The molecule has 1 N–H and O–H groups in total. The highest BCUT2D eigenvalue weighted by molar-refractivity contribution is 7.17. The molecule has 1 aromatic heterocycles. The van der Waals surface area contributed by atoms with E-state index in [1.54, 1.807) is 4.90 Å². The number of carbonyl (C=O) groups excluding carboxylic acids is 2. The molecule has 2 rings (SSSR count). The van der Waals surface area contributed by atoms with Gasteiger partial charge in [-0.05, 0) is 18.0 Å². The summed E-state index contributed by atoms with van der Waals surface area (Å²) < 4.78 is 0.268. The number of carbonyl (C=O) groups is 2. The maximum atomic E-state index is 12.2. The van der Waals surface area contributed by atoms with Crippen LogP contribution < -0.4 is 5.32 Å².